The van der Waals surface area contributed by atoms with Crippen molar-refractivity contribution in [1.29, 1.82) is 0 Å². The lowest BCUT2D eigenvalue weighted by Gasteiger charge is -2.11. The van der Waals surface area contributed by atoms with Gasteiger partial charge in [0.15, 0.2) is 6.61 Å². The number of fused-ring (bicyclic) bond motifs is 1. The lowest BCUT2D eigenvalue weighted by molar-refractivity contribution is -0.384. The van der Waals surface area contributed by atoms with Crippen molar-refractivity contribution >= 4 is 44.0 Å². The van der Waals surface area contributed by atoms with Crippen LogP contribution in [0.1, 0.15) is 0 Å². The maximum absolute atomic E-state index is 12.2. The molecule has 0 aliphatic rings. The van der Waals surface area contributed by atoms with E-state index in [-0.39, 0.29) is 18.0 Å². The third kappa shape index (κ3) is 4.17. The molecule has 0 radical (unpaired) electrons. The van der Waals surface area contributed by atoms with E-state index in [4.69, 9.17) is 9.47 Å². The quantitative estimate of drug-likeness (QED) is 0.457. The predicted molar refractivity (Wildman–Crippen MR) is 105 cm³/mol. The molecule has 138 valence electrons. The number of halogens is 1. The number of anilines is 1. The number of hydrogen-bond donors (Lipinski definition) is 1. The largest absolute Gasteiger partial charge is 0.496 e. The summed E-state index contributed by atoms with van der Waals surface area (Å²) < 4.78 is 11.3. The molecule has 0 aliphatic carbocycles. The highest BCUT2D eigenvalue weighted by Gasteiger charge is 2.18. The van der Waals surface area contributed by atoms with Gasteiger partial charge in [0, 0.05) is 0 Å². The molecule has 8 heteroatoms. The highest BCUT2D eigenvalue weighted by Crippen LogP contribution is 2.33. The number of ether oxygens (including phenoxy) is 2. The van der Waals surface area contributed by atoms with Gasteiger partial charge >= 0.3 is 0 Å². The Bertz CT molecular complexity index is 1020. The van der Waals surface area contributed by atoms with E-state index >= 15 is 0 Å². The van der Waals surface area contributed by atoms with Crippen LogP contribution in [0.5, 0.6) is 11.5 Å². The van der Waals surface area contributed by atoms with E-state index in [0.29, 0.717) is 11.5 Å². The summed E-state index contributed by atoms with van der Waals surface area (Å²) in [7, 11) is 1.41. The van der Waals surface area contributed by atoms with Crippen molar-refractivity contribution in [2.75, 3.05) is 19.0 Å². The number of rotatable bonds is 6. The molecule has 0 saturated carbocycles. The summed E-state index contributed by atoms with van der Waals surface area (Å²) in [6, 6.07) is 15.6. The standard InChI is InChI=1S/C19H15BrN2O5/c1-26-13-7-8-15(16(10-13)22(24)25)21-18(23)11-27-17-9-6-12-4-2-3-5-14(12)19(17)20/h2-10H,11H2,1H3,(H,21,23). The molecule has 1 N–H and O–H groups in total. The van der Waals surface area contributed by atoms with Crippen molar-refractivity contribution in [2.24, 2.45) is 0 Å². The van der Waals surface area contributed by atoms with Gasteiger partial charge in [-0.05, 0) is 44.9 Å². The summed E-state index contributed by atoms with van der Waals surface area (Å²) in [5.41, 5.74) is -0.179. The molecule has 1 amide bonds. The molecule has 3 rings (SSSR count). The van der Waals surface area contributed by atoms with Crippen LogP contribution in [0.2, 0.25) is 0 Å². The molecule has 0 atom stereocenters. The van der Waals surface area contributed by atoms with Gasteiger partial charge in [0.1, 0.15) is 17.2 Å². The molecular formula is C19H15BrN2O5. The predicted octanol–water partition coefficient (Wildman–Crippen LogP) is 4.54. The number of nitrogens with one attached hydrogen (secondary N) is 1. The van der Waals surface area contributed by atoms with E-state index in [0.717, 1.165) is 15.2 Å². The maximum atomic E-state index is 12.2. The molecule has 3 aromatic rings. The zero-order chi connectivity index (χ0) is 19.4. The summed E-state index contributed by atoms with van der Waals surface area (Å²) in [5.74, 6) is 0.326. The number of methoxy groups -OCH3 is 1. The minimum absolute atomic E-state index is 0.0759. The van der Waals surface area contributed by atoms with Crippen molar-refractivity contribution in [1.82, 2.24) is 0 Å². The van der Waals surface area contributed by atoms with Gasteiger partial charge < -0.3 is 14.8 Å². The topological polar surface area (TPSA) is 90.7 Å². The Kier molecular flexibility index (Phi) is 5.56. The molecule has 0 unspecified atom stereocenters. The van der Waals surface area contributed by atoms with Crippen LogP contribution in [-0.2, 0) is 4.79 Å². The van der Waals surface area contributed by atoms with Crippen LogP contribution in [0.4, 0.5) is 11.4 Å². The molecule has 27 heavy (non-hydrogen) atoms. The molecule has 0 bridgehead atoms. The number of carbonyl (C=O) groups is 1. The van der Waals surface area contributed by atoms with Gasteiger partial charge in [-0.25, -0.2) is 0 Å². The minimum Gasteiger partial charge on any atom is -0.496 e. The van der Waals surface area contributed by atoms with Gasteiger partial charge in [0.2, 0.25) is 0 Å². The number of benzene rings is 3. The molecule has 0 aromatic heterocycles. The molecular weight excluding hydrogens is 416 g/mol. The second-order valence-corrected chi connectivity index (χ2v) is 6.37. The third-order valence-corrected chi connectivity index (χ3v) is 4.68. The van der Waals surface area contributed by atoms with Crippen molar-refractivity contribution in [3.63, 3.8) is 0 Å². The summed E-state index contributed by atoms with van der Waals surface area (Å²) in [6.45, 7) is -0.292. The average molecular weight is 431 g/mol. The molecule has 0 fully saturated rings. The number of nitrogens with zero attached hydrogens (tertiary/aromatic N) is 1. The Labute approximate surface area is 163 Å². The lowest BCUT2D eigenvalue weighted by Crippen LogP contribution is -2.20. The zero-order valence-corrected chi connectivity index (χ0v) is 15.9. The van der Waals surface area contributed by atoms with Gasteiger partial charge in [-0.1, -0.05) is 30.3 Å². The van der Waals surface area contributed by atoms with E-state index in [1.54, 1.807) is 6.07 Å². The molecule has 0 saturated heterocycles. The fourth-order valence-corrected chi connectivity index (χ4v) is 3.16. The molecule has 0 aliphatic heterocycles. The third-order valence-electron chi connectivity index (χ3n) is 3.86. The van der Waals surface area contributed by atoms with Gasteiger partial charge in [-0.15, -0.1) is 0 Å². The molecule has 7 nitrogen and oxygen atoms in total. The monoisotopic (exact) mass is 430 g/mol. The first-order valence-electron chi connectivity index (χ1n) is 7.92. The molecule has 0 spiro atoms. The van der Waals surface area contributed by atoms with Gasteiger partial charge in [0.05, 0.1) is 22.6 Å². The summed E-state index contributed by atoms with van der Waals surface area (Å²) in [5, 5.41) is 15.7. The first kappa shape index (κ1) is 18.7. The Morgan fingerprint density at radius 2 is 1.96 bits per heavy atom. The number of nitro groups is 1. The van der Waals surface area contributed by atoms with E-state index in [2.05, 4.69) is 21.2 Å². The van der Waals surface area contributed by atoms with Crippen LogP contribution in [-0.4, -0.2) is 24.5 Å². The summed E-state index contributed by atoms with van der Waals surface area (Å²) >= 11 is 3.49. The molecule has 0 heterocycles. The second-order valence-electron chi connectivity index (χ2n) is 5.58. The van der Waals surface area contributed by atoms with Crippen LogP contribution in [0.3, 0.4) is 0 Å². The number of nitro benzene ring substituents is 1. The Balaban J connectivity index is 1.72. The SMILES string of the molecule is COc1ccc(NC(=O)COc2ccc3ccccc3c2Br)c([N+](=O)[O-])c1. The van der Waals surface area contributed by atoms with Crippen LogP contribution < -0.4 is 14.8 Å². The van der Waals surface area contributed by atoms with Crippen molar-refractivity contribution in [3.8, 4) is 11.5 Å². The van der Waals surface area contributed by atoms with E-state index in [1.165, 1.54) is 25.3 Å². The highest BCUT2D eigenvalue weighted by atomic mass is 79.9. The number of carbonyl (C=O) groups excluding carboxylic acids is 1. The average Bonchev–Trinajstić information content (AvgIpc) is 2.68. The Hall–Kier alpha value is -3.13. The minimum atomic E-state index is -0.584. The number of amides is 1. The van der Waals surface area contributed by atoms with Gasteiger partial charge in [0.25, 0.3) is 11.6 Å². The van der Waals surface area contributed by atoms with E-state index in [1.807, 2.05) is 30.3 Å². The highest BCUT2D eigenvalue weighted by molar-refractivity contribution is 9.10. The number of hydrogen-bond acceptors (Lipinski definition) is 5. The van der Waals surface area contributed by atoms with Gasteiger partial charge in [-0.3, -0.25) is 14.9 Å². The van der Waals surface area contributed by atoms with Crippen LogP contribution in [0.25, 0.3) is 10.8 Å². The van der Waals surface area contributed by atoms with Crippen LogP contribution in [0, 0.1) is 10.1 Å². The normalized spacial score (nSPS) is 10.4. The van der Waals surface area contributed by atoms with Crippen molar-refractivity contribution < 1.29 is 19.2 Å². The van der Waals surface area contributed by atoms with Crippen molar-refractivity contribution in [2.45, 2.75) is 0 Å². The first-order valence-corrected chi connectivity index (χ1v) is 8.71. The van der Waals surface area contributed by atoms with E-state index < -0.39 is 10.8 Å². The van der Waals surface area contributed by atoms with Crippen molar-refractivity contribution in [3.05, 3.63) is 69.2 Å². The molecule has 3 aromatic carbocycles. The smallest absolute Gasteiger partial charge is 0.296 e. The second kappa shape index (κ2) is 8.05. The lowest BCUT2D eigenvalue weighted by atomic mass is 10.1. The van der Waals surface area contributed by atoms with Crippen LogP contribution >= 0.6 is 15.9 Å². The summed E-state index contributed by atoms with van der Waals surface area (Å²) in [4.78, 5) is 22.8. The summed E-state index contributed by atoms with van der Waals surface area (Å²) in [6.07, 6.45) is 0. The fourth-order valence-electron chi connectivity index (χ4n) is 2.55. The van der Waals surface area contributed by atoms with E-state index in [9.17, 15) is 14.9 Å². The van der Waals surface area contributed by atoms with Crippen LogP contribution in [0.15, 0.2) is 59.1 Å². The fraction of sp³-hybridized carbons (Fsp3) is 0.105. The van der Waals surface area contributed by atoms with Gasteiger partial charge in [-0.2, -0.15) is 0 Å². The Morgan fingerprint density at radius 1 is 1.19 bits per heavy atom. The zero-order valence-electron chi connectivity index (χ0n) is 14.3. The Morgan fingerprint density at radius 3 is 2.70 bits per heavy atom. The maximum Gasteiger partial charge on any atom is 0.296 e. The first-order chi connectivity index (χ1) is 13.0.